The van der Waals surface area contributed by atoms with Crippen LogP contribution in [0.3, 0.4) is 0 Å². The molecule has 8 atom stereocenters. The first-order valence-electron chi connectivity index (χ1n) is 15.7. The first-order chi connectivity index (χ1) is 23.0. The Morgan fingerprint density at radius 3 is 1.84 bits per heavy atom. The largest absolute Gasteiger partial charge is 0.458 e. The molecule has 2 aliphatic carbocycles. The number of alkyl halides is 6. The second-order valence-corrected chi connectivity index (χ2v) is 13.0. The molecule has 0 aromatic heterocycles. The van der Waals surface area contributed by atoms with Crippen molar-refractivity contribution in [2.45, 2.75) is 75.0 Å². The molecule has 1 N–H and O–H groups in total. The van der Waals surface area contributed by atoms with Crippen molar-refractivity contribution in [1.29, 1.82) is 0 Å². The van der Waals surface area contributed by atoms with Crippen LogP contribution in [0.1, 0.15) is 44.2 Å². The van der Waals surface area contributed by atoms with Crippen molar-refractivity contribution in [2.24, 2.45) is 17.3 Å². The minimum atomic E-state index is -5.27. The lowest BCUT2D eigenvalue weighted by Crippen LogP contribution is -2.58. The van der Waals surface area contributed by atoms with Crippen LogP contribution in [-0.2, 0) is 44.5 Å². The molecule has 0 saturated heterocycles. The highest BCUT2D eigenvalue weighted by Crippen LogP contribution is 2.58. The van der Waals surface area contributed by atoms with Gasteiger partial charge in [0.05, 0.1) is 18.8 Å². The van der Waals surface area contributed by atoms with Crippen LogP contribution in [0.4, 0.5) is 26.3 Å². The molecule has 1 aliphatic heterocycles. The fourth-order valence-corrected chi connectivity index (χ4v) is 7.88. The molecule has 5 rings (SSSR count). The molecule has 0 amide bonds. The van der Waals surface area contributed by atoms with Gasteiger partial charge in [0.2, 0.25) is 0 Å². The molecule has 0 spiro atoms. The first-order valence-corrected chi connectivity index (χ1v) is 15.7. The van der Waals surface area contributed by atoms with Gasteiger partial charge in [-0.2, -0.15) is 26.3 Å². The smallest absolute Gasteiger partial charge is 0.432 e. The molecule has 0 bridgehead atoms. The Labute approximate surface area is 279 Å². The molecule has 1 heterocycles. The second kappa shape index (κ2) is 13.3. The molecule has 2 saturated carbocycles. The zero-order valence-electron chi connectivity index (χ0n) is 27.3. The van der Waals surface area contributed by atoms with Gasteiger partial charge in [0.25, 0.3) is 11.2 Å². The molecule has 3 aliphatic rings. The molecular formula is C35H38F6O8. The van der Waals surface area contributed by atoms with Crippen LogP contribution in [0, 0.1) is 17.3 Å². The van der Waals surface area contributed by atoms with Crippen molar-refractivity contribution >= 4 is 11.9 Å². The van der Waals surface area contributed by atoms with E-state index in [9.17, 15) is 41.0 Å². The summed E-state index contributed by atoms with van der Waals surface area (Å²) in [7, 11) is 1.46. The standard InChI is InChI=1S/C35H38F6O8/c1-20-15-25(42)16-24-17-26(49-30(44)33(46-4,35(39,40)41)23-13-9-6-10-14-23)27-21(18-47-28(27)31(20,24)2)19-48-29(43)32(45-3,34(36,37)38)22-11-7-5-8-12-22/h5-14,20,24-26,28,42H,15-19H2,1-4H3/t20-,24+,25+,26-,28+,31+,32+,33+/m0/s1. The quantitative estimate of drug-likeness (QED) is 0.189. The number of rotatable bonds is 9. The van der Waals surface area contributed by atoms with Crippen LogP contribution in [-0.4, -0.2) is 75.1 Å². The van der Waals surface area contributed by atoms with Gasteiger partial charge in [-0.15, -0.1) is 0 Å². The number of benzene rings is 2. The number of fused-ring (bicyclic) bond motifs is 3. The van der Waals surface area contributed by atoms with E-state index in [2.05, 4.69) is 0 Å². The summed E-state index contributed by atoms with van der Waals surface area (Å²) in [6, 6.07) is 12.5. The molecule has 14 heteroatoms. The van der Waals surface area contributed by atoms with E-state index in [1.165, 1.54) is 36.4 Å². The van der Waals surface area contributed by atoms with Gasteiger partial charge in [0, 0.05) is 36.3 Å². The monoisotopic (exact) mass is 700 g/mol. The Bertz CT molecular complexity index is 1550. The molecule has 0 radical (unpaired) electrons. The van der Waals surface area contributed by atoms with E-state index in [1.807, 2.05) is 13.8 Å². The Morgan fingerprint density at radius 2 is 1.35 bits per heavy atom. The molecule has 2 fully saturated rings. The van der Waals surface area contributed by atoms with E-state index in [1.54, 1.807) is 0 Å². The van der Waals surface area contributed by atoms with Gasteiger partial charge < -0.3 is 28.8 Å². The van der Waals surface area contributed by atoms with Gasteiger partial charge in [0.15, 0.2) is 0 Å². The SMILES string of the molecule is CO[C@@](C(=O)OCC1=C2[C@@H](OC(=O)[C@](OC)(c3ccccc3)C(F)(F)F)C[C@H]3C[C@H](O)C[C@H](C)[C@@]3(C)[C@@H]2OC1)(c1ccccc1)C(F)(F)F. The summed E-state index contributed by atoms with van der Waals surface area (Å²) in [5.41, 5.74) is -8.41. The Morgan fingerprint density at radius 1 is 0.837 bits per heavy atom. The maximum atomic E-state index is 14.8. The number of carbonyl (C=O) groups is 2. The highest BCUT2D eigenvalue weighted by molar-refractivity contribution is 5.84. The fourth-order valence-electron chi connectivity index (χ4n) is 7.88. The summed E-state index contributed by atoms with van der Waals surface area (Å²) in [4.78, 5) is 27.1. The van der Waals surface area contributed by atoms with E-state index in [0.717, 1.165) is 38.5 Å². The number of esters is 2. The van der Waals surface area contributed by atoms with Crippen molar-refractivity contribution in [3.8, 4) is 0 Å². The average molecular weight is 701 g/mol. The van der Waals surface area contributed by atoms with Crippen molar-refractivity contribution in [3.63, 3.8) is 0 Å². The van der Waals surface area contributed by atoms with Gasteiger partial charge in [0.1, 0.15) is 12.7 Å². The molecule has 49 heavy (non-hydrogen) atoms. The second-order valence-electron chi connectivity index (χ2n) is 13.0. The molecule has 2 aromatic carbocycles. The third kappa shape index (κ3) is 5.93. The maximum Gasteiger partial charge on any atom is 0.432 e. The van der Waals surface area contributed by atoms with Crippen molar-refractivity contribution in [3.05, 3.63) is 82.9 Å². The van der Waals surface area contributed by atoms with Gasteiger partial charge in [-0.1, -0.05) is 74.5 Å². The van der Waals surface area contributed by atoms with Crippen molar-refractivity contribution < 1.29 is 64.7 Å². The lowest BCUT2D eigenvalue weighted by Gasteiger charge is -2.55. The van der Waals surface area contributed by atoms with E-state index >= 15 is 0 Å². The van der Waals surface area contributed by atoms with Crippen molar-refractivity contribution in [2.75, 3.05) is 27.4 Å². The van der Waals surface area contributed by atoms with E-state index in [0.29, 0.717) is 6.42 Å². The van der Waals surface area contributed by atoms with Crippen LogP contribution in [0.5, 0.6) is 0 Å². The Hall–Kier alpha value is -3.46. The number of halogens is 6. The maximum absolute atomic E-state index is 14.8. The summed E-state index contributed by atoms with van der Waals surface area (Å²) < 4.78 is 115. The lowest BCUT2D eigenvalue weighted by atomic mass is 9.52. The van der Waals surface area contributed by atoms with E-state index in [4.69, 9.17) is 23.7 Å². The summed E-state index contributed by atoms with van der Waals surface area (Å²) in [6.07, 6.45) is -12.9. The number of methoxy groups -OCH3 is 2. The van der Waals surface area contributed by atoms with E-state index < -0.39 is 77.0 Å². The number of hydrogen-bond acceptors (Lipinski definition) is 8. The lowest BCUT2D eigenvalue weighted by molar-refractivity contribution is -0.279. The highest BCUT2D eigenvalue weighted by atomic mass is 19.4. The van der Waals surface area contributed by atoms with Gasteiger partial charge in [-0.25, -0.2) is 9.59 Å². The van der Waals surface area contributed by atoms with Crippen LogP contribution >= 0.6 is 0 Å². The summed E-state index contributed by atoms with van der Waals surface area (Å²) in [5, 5.41) is 10.6. The van der Waals surface area contributed by atoms with Gasteiger partial charge in [-0.3, -0.25) is 0 Å². The Balaban J connectivity index is 1.55. The average Bonchev–Trinajstić information content (AvgIpc) is 3.48. The van der Waals surface area contributed by atoms with Crippen LogP contribution in [0.25, 0.3) is 0 Å². The topological polar surface area (TPSA) is 101 Å². The predicted molar refractivity (Wildman–Crippen MR) is 161 cm³/mol. The van der Waals surface area contributed by atoms with Crippen LogP contribution in [0.15, 0.2) is 71.8 Å². The van der Waals surface area contributed by atoms with Crippen molar-refractivity contribution in [1.82, 2.24) is 0 Å². The van der Waals surface area contributed by atoms with Crippen LogP contribution < -0.4 is 0 Å². The van der Waals surface area contributed by atoms with Crippen LogP contribution in [0.2, 0.25) is 0 Å². The normalized spacial score (nSPS) is 29.7. The first kappa shape index (κ1) is 36.8. The molecule has 268 valence electrons. The highest BCUT2D eigenvalue weighted by Gasteiger charge is 2.67. The number of carbonyl (C=O) groups excluding carboxylic acids is 2. The number of ether oxygens (including phenoxy) is 5. The minimum absolute atomic E-state index is 0.0305. The minimum Gasteiger partial charge on any atom is -0.458 e. The molecule has 0 unspecified atom stereocenters. The number of aliphatic hydroxyl groups excluding tert-OH is 1. The molecule has 8 nitrogen and oxygen atoms in total. The number of aliphatic hydroxyl groups is 1. The third-order valence-corrected chi connectivity index (χ3v) is 10.6. The molecular weight excluding hydrogens is 662 g/mol. The predicted octanol–water partition coefficient (Wildman–Crippen LogP) is 6.16. The van der Waals surface area contributed by atoms with Gasteiger partial charge >= 0.3 is 24.3 Å². The number of hydrogen-bond donors (Lipinski definition) is 1. The summed E-state index contributed by atoms with van der Waals surface area (Å²) in [5.74, 6) is -4.10. The van der Waals surface area contributed by atoms with E-state index in [-0.39, 0.29) is 42.4 Å². The fraction of sp³-hybridized carbons (Fsp3) is 0.543. The molecule has 2 aromatic rings. The third-order valence-electron chi connectivity index (χ3n) is 10.6. The zero-order valence-corrected chi connectivity index (χ0v) is 27.3. The zero-order chi connectivity index (χ0) is 36.0. The Kier molecular flexibility index (Phi) is 10.0. The van der Waals surface area contributed by atoms with Gasteiger partial charge in [-0.05, 0) is 36.7 Å². The summed E-state index contributed by atoms with van der Waals surface area (Å²) >= 11 is 0. The summed E-state index contributed by atoms with van der Waals surface area (Å²) in [6.45, 7) is 2.79.